The van der Waals surface area contributed by atoms with E-state index in [0.717, 1.165) is 11.3 Å². The van der Waals surface area contributed by atoms with Gasteiger partial charge in [-0.05, 0) is 24.3 Å². The maximum atomic E-state index is 11.9. The minimum Gasteiger partial charge on any atom is -0.375 e. The van der Waals surface area contributed by atoms with Crippen molar-refractivity contribution < 1.29 is 9.59 Å². The molecule has 0 aliphatic carbocycles. The number of carbonyl (C=O) groups is 2. The lowest BCUT2D eigenvalue weighted by Crippen LogP contribution is -2.32. The number of benzene rings is 1. The van der Waals surface area contributed by atoms with E-state index in [2.05, 4.69) is 20.6 Å². The topological polar surface area (TPSA) is 110 Å². The zero-order valence-corrected chi connectivity index (χ0v) is 13.9. The molecule has 0 fully saturated rings. The fourth-order valence-corrected chi connectivity index (χ4v) is 2.68. The Kier molecular flexibility index (Phi) is 5.00. The summed E-state index contributed by atoms with van der Waals surface area (Å²) in [6.45, 7) is -0.127. The third kappa shape index (κ3) is 4.39. The molecule has 0 unspecified atom stereocenters. The molecule has 1 aromatic carbocycles. The molecule has 4 N–H and O–H groups in total. The highest BCUT2D eigenvalue weighted by Gasteiger charge is 2.08. The molecule has 3 aromatic rings. The van der Waals surface area contributed by atoms with Gasteiger partial charge in [0.15, 0.2) is 5.13 Å². The molecule has 0 saturated carbocycles. The number of nitrogens with zero attached hydrogens (tertiary/aromatic N) is 2. The molecule has 2 heterocycles. The minimum absolute atomic E-state index is 0.127. The number of pyridine rings is 1. The van der Waals surface area contributed by atoms with Gasteiger partial charge in [0, 0.05) is 29.0 Å². The van der Waals surface area contributed by atoms with Crippen molar-refractivity contribution in [1.29, 1.82) is 0 Å². The minimum atomic E-state index is -0.347. The number of hydrogen-bond acceptors (Lipinski definition) is 6. The molecule has 25 heavy (non-hydrogen) atoms. The molecule has 8 heteroatoms. The van der Waals surface area contributed by atoms with Crippen molar-refractivity contribution in [2.75, 3.05) is 17.6 Å². The van der Waals surface area contributed by atoms with Crippen LogP contribution < -0.4 is 16.4 Å². The molecule has 126 valence electrons. The van der Waals surface area contributed by atoms with E-state index >= 15 is 0 Å². The van der Waals surface area contributed by atoms with E-state index in [9.17, 15) is 9.59 Å². The van der Waals surface area contributed by atoms with E-state index in [0.29, 0.717) is 16.4 Å². The highest BCUT2D eigenvalue weighted by atomic mass is 32.1. The van der Waals surface area contributed by atoms with Crippen molar-refractivity contribution >= 4 is 34.0 Å². The van der Waals surface area contributed by atoms with Crippen molar-refractivity contribution in [2.45, 2.75) is 0 Å². The predicted octanol–water partition coefficient (Wildman–Crippen LogP) is 2.16. The summed E-state index contributed by atoms with van der Waals surface area (Å²) < 4.78 is 0. The van der Waals surface area contributed by atoms with E-state index in [1.807, 2.05) is 17.5 Å². The van der Waals surface area contributed by atoms with Gasteiger partial charge in [-0.15, -0.1) is 11.3 Å². The first-order valence-electron chi connectivity index (χ1n) is 7.41. The first kappa shape index (κ1) is 16.6. The number of hydrogen-bond donors (Lipinski definition) is 3. The Hall–Kier alpha value is -3.26. The number of nitrogens with two attached hydrogens (primary N) is 1. The zero-order valence-electron chi connectivity index (χ0n) is 13.1. The van der Waals surface area contributed by atoms with Gasteiger partial charge >= 0.3 is 0 Å². The van der Waals surface area contributed by atoms with Crippen LogP contribution in [0.25, 0.3) is 11.3 Å². The monoisotopic (exact) mass is 353 g/mol. The summed E-state index contributed by atoms with van der Waals surface area (Å²) in [4.78, 5) is 31.9. The second kappa shape index (κ2) is 7.54. The van der Waals surface area contributed by atoms with E-state index in [4.69, 9.17) is 5.73 Å². The molecule has 0 aliphatic heterocycles. The van der Waals surface area contributed by atoms with Gasteiger partial charge in [-0.1, -0.05) is 12.1 Å². The van der Waals surface area contributed by atoms with Crippen LogP contribution in [-0.4, -0.2) is 28.3 Å². The van der Waals surface area contributed by atoms with Crippen molar-refractivity contribution in [3.63, 3.8) is 0 Å². The van der Waals surface area contributed by atoms with Crippen molar-refractivity contribution in [1.82, 2.24) is 15.3 Å². The van der Waals surface area contributed by atoms with E-state index in [-0.39, 0.29) is 18.4 Å². The molecule has 7 nitrogen and oxygen atoms in total. The number of rotatable bonds is 5. The zero-order chi connectivity index (χ0) is 17.6. The van der Waals surface area contributed by atoms with Crippen LogP contribution in [0.15, 0.2) is 54.2 Å². The van der Waals surface area contributed by atoms with E-state index in [1.54, 1.807) is 30.5 Å². The fraction of sp³-hybridized carbons (Fsp3) is 0.0588. The Balaban J connectivity index is 1.53. The van der Waals surface area contributed by atoms with Gasteiger partial charge in [0.1, 0.15) is 0 Å². The lowest BCUT2D eigenvalue weighted by molar-refractivity contribution is -0.115. The number of aromatic nitrogens is 2. The summed E-state index contributed by atoms with van der Waals surface area (Å²) in [5.74, 6) is -0.664. The first-order chi connectivity index (χ1) is 12.1. The molecule has 3 rings (SSSR count). The normalized spacial score (nSPS) is 10.2. The Morgan fingerprint density at radius 2 is 1.96 bits per heavy atom. The third-order valence-corrected chi connectivity index (χ3v) is 3.99. The van der Waals surface area contributed by atoms with Crippen molar-refractivity contribution in [3.05, 3.63) is 59.7 Å². The Bertz CT molecular complexity index is 878. The van der Waals surface area contributed by atoms with Gasteiger partial charge in [0.05, 0.1) is 17.8 Å². The summed E-state index contributed by atoms with van der Waals surface area (Å²) in [5.41, 5.74) is 8.37. The van der Waals surface area contributed by atoms with Gasteiger partial charge in [0.2, 0.25) is 5.91 Å². The molecule has 0 saturated heterocycles. The molecule has 2 aromatic heterocycles. The first-order valence-corrected chi connectivity index (χ1v) is 8.29. The third-order valence-electron chi connectivity index (χ3n) is 3.32. The smallest absolute Gasteiger partial charge is 0.253 e. The second-order valence-electron chi connectivity index (χ2n) is 5.12. The molecule has 0 spiro atoms. The summed E-state index contributed by atoms with van der Waals surface area (Å²) in [5, 5.41) is 7.65. The molecule has 0 radical (unpaired) electrons. The second-order valence-corrected chi connectivity index (χ2v) is 6.01. The largest absolute Gasteiger partial charge is 0.375 e. The molecule has 0 aliphatic rings. The van der Waals surface area contributed by atoms with Crippen LogP contribution in [0.4, 0.5) is 10.8 Å². The molecule has 0 bridgehead atoms. The van der Waals surface area contributed by atoms with Crippen LogP contribution in [0.1, 0.15) is 10.4 Å². The summed E-state index contributed by atoms with van der Waals surface area (Å²) >= 11 is 1.37. The number of carbonyl (C=O) groups excluding carboxylic acids is 2. The SMILES string of the molecule is Nc1nc(-c2ccc(NC(=O)CNC(=O)c3cccnc3)cc2)cs1. The molecular formula is C17H15N5O2S. The number of amides is 2. The number of nitrogen functional groups attached to an aromatic ring is 1. The standard InChI is InChI=1S/C17H15N5O2S/c18-17-22-14(10-25-17)11-3-5-13(6-4-11)21-15(23)9-20-16(24)12-2-1-7-19-8-12/h1-8,10H,9H2,(H2,18,22)(H,20,24)(H,21,23). The van der Waals surface area contributed by atoms with Crippen LogP contribution in [-0.2, 0) is 4.79 Å². The number of nitrogens with one attached hydrogen (secondary N) is 2. The highest BCUT2D eigenvalue weighted by molar-refractivity contribution is 7.13. The lowest BCUT2D eigenvalue weighted by atomic mass is 10.1. The van der Waals surface area contributed by atoms with E-state index in [1.165, 1.54) is 17.5 Å². The maximum absolute atomic E-state index is 11.9. The summed E-state index contributed by atoms with van der Waals surface area (Å²) in [7, 11) is 0. The van der Waals surface area contributed by atoms with Crippen LogP contribution in [0.2, 0.25) is 0 Å². The van der Waals surface area contributed by atoms with Gasteiger partial charge in [0.25, 0.3) is 5.91 Å². The van der Waals surface area contributed by atoms with Crippen LogP contribution in [0, 0.1) is 0 Å². The van der Waals surface area contributed by atoms with Crippen molar-refractivity contribution in [2.24, 2.45) is 0 Å². The molecular weight excluding hydrogens is 338 g/mol. The quantitative estimate of drug-likeness (QED) is 0.651. The van der Waals surface area contributed by atoms with Crippen molar-refractivity contribution in [3.8, 4) is 11.3 Å². The Morgan fingerprint density at radius 1 is 1.16 bits per heavy atom. The van der Waals surface area contributed by atoms with Gasteiger partial charge in [-0.3, -0.25) is 14.6 Å². The summed E-state index contributed by atoms with van der Waals surface area (Å²) in [6.07, 6.45) is 3.02. The van der Waals surface area contributed by atoms with Crippen LogP contribution >= 0.6 is 11.3 Å². The van der Waals surface area contributed by atoms with Crippen LogP contribution in [0.3, 0.4) is 0 Å². The maximum Gasteiger partial charge on any atom is 0.253 e. The van der Waals surface area contributed by atoms with E-state index < -0.39 is 0 Å². The van der Waals surface area contributed by atoms with Crippen LogP contribution in [0.5, 0.6) is 0 Å². The predicted molar refractivity (Wildman–Crippen MR) is 97.2 cm³/mol. The van der Waals surface area contributed by atoms with Gasteiger partial charge in [-0.25, -0.2) is 4.98 Å². The Morgan fingerprint density at radius 3 is 2.60 bits per heavy atom. The average molecular weight is 353 g/mol. The number of anilines is 2. The molecule has 2 amide bonds. The van der Waals surface area contributed by atoms with Gasteiger partial charge in [-0.2, -0.15) is 0 Å². The highest BCUT2D eigenvalue weighted by Crippen LogP contribution is 2.24. The average Bonchev–Trinajstić information content (AvgIpc) is 3.07. The van der Waals surface area contributed by atoms with Gasteiger partial charge < -0.3 is 16.4 Å². The number of thiazole rings is 1. The molecule has 0 atom stereocenters. The fourth-order valence-electron chi connectivity index (χ4n) is 2.11. The summed E-state index contributed by atoms with van der Waals surface area (Å²) in [6, 6.07) is 10.5. The lowest BCUT2D eigenvalue weighted by Gasteiger charge is -2.07. The Labute approximate surface area is 147 Å².